The van der Waals surface area contributed by atoms with Gasteiger partial charge in [-0.3, -0.25) is 9.78 Å². The first-order chi connectivity index (χ1) is 5.74. The molecule has 0 radical (unpaired) electrons. The Morgan fingerprint density at radius 3 is 3.00 bits per heavy atom. The van der Waals surface area contributed by atoms with Gasteiger partial charge in [-0.2, -0.15) is 0 Å². The van der Waals surface area contributed by atoms with E-state index < -0.39 is 0 Å². The van der Waals surface area contributed by atoms with Crippen molar-refractivity contribution in [1.29, 1.82) is 0 Å². The molecule has 1 heterocycles. The molecular weight excluding hydrogens is 152 g/mol. The predicted molar refractivity (Wildman–Crippen MR) is 47.9 cm³/mol. The first-order valence-corrected chi connectivity index (χ1v) is 3.94. The number of carbonyl (C=O) groups excluding carboxylic acids is 1. The highest BCUT2D eigenvalue weighted by atomic mass is 16.1. The van der Waals surface area contributed by atoms with Crippen molar-refractivity contribution in [3.63, 3.8) is 0 Å². The minimum Gasteiger partial charge on any atom is -0.326 e. The second-order valence-electron chi connectivity index (χ2n) is 2.57. The summed E-state index contributed by atoms with van der Waals surface area (Å²) in [4.78, 5) is 14.7. The van der Waals surface area contributed by atoms with E-state index in [1.165, 1.54) is 6.92 Å². The second-order valence-corrected chi connectivity index (χ2v) is 2.57. The number of pyridine rings is 1. The van der Waals surface area contributed by atoms with Gasteiger partial charge >= 0.3 is 0 Å². The second kappa shape index (κ2) is 3.85. The maximum Gasteiger partial charge on any atom is 0.221 e. The molecule has 0 unspecified atom stereocenters. The lowest BCUT2D eigenvalue weighted by atomic mass is 10.2. The Morgan fingerprint density at radius 1 is 1.67 bits per heavy atom. The molecule has 0 atom stereocenters. The molecule has 0 fully saturated rings. The van der Waals surface area contributed by atoms with Gasteiger partial charge < -0.3 is 5.32 Å². The van der Waals surface area contributed by atoms with Crippen molar-refractivity contribution >= 4 is 11.6 Å². The van der Waals surface area contributed by atoms with Crippen LogP contribution in [0.2, 0.25) is 0 Å². The monoisotopic (exact) mass is 164 g/mol. The van der Waals surface area contributed by atoms with Crippen LogP contribution in [0.25, 0.3) is 0 Å². The van der Waals surface area contributed by atoms with Crippen molar-refractivity contribution in [3.8, 4) is 0 Å². The maximum absolute atomic E-state index is 10.7. The quantitative estimate of drug-likeness (QED) is 0.721. The molecule has 0 saturated carbocycles. The Labute approximate surface area is 71.8 Å². The largest absolute Gasteiger partial charge is 0.326 e. The van der Waals surface area contributed by atoms with E-state index in [1.807, 2.05) is 6.92 Å². The third kappa shape index (κ3) is 2.05. The highest BCUT2D eigenvalue weighted by Gasteiger charge is 2.00. The van der Waals surface area contributed by atoms with Crippen LogP contribution in [0.3, 0.4) is 0 Å². The molecule has 1 amide bonds. The molecule has 0 bridgehead atoms. The average Bonchev–Trinajstić information content (AvgIpc) is 2.04. The number of nitrogens with zero attached hydrogens (tertiary/aromatic N) is 1. The summed E-state index contributed by atoms with van der Waals surface area (Å²) in [5.41, 5.74) is 1.92. The van der Waals surface area contributed by atoms with Crippen LogP contribution in [-0.2, 0) is 11.2 Å². The van der Waals surface area contributed by atoms with Crippen molar-refractivity contribution in [2.45, 2.75) is 20.3 Å². The summed E-state index contributed by atoms with van der Waals surface area (Å²) in [5, 5.41) is 2.75. The zero-order valence-electron chi connectivity index (χ0n) is 7.29. The van der Waals surface area contributed by atoms with Gasteiger partial charge in [0.25, 0.3) is 0 Å². The van der Waals surface area contributed by atoms with Gasteiger partial charge in [0.1, 0.15) is 0 Å². The fourth-order valence-electron chi connectivity index (χ4n) is 1.02. The van der Waals surface area contributed by atoms with Gasteiger partial charge in [-0.05, 0) is 18.1 Å². The fourth-order valence-corrected chi connectivity index (χ4v) is 1.02. The number of anilines is 1. The zero-order chi connectivity index (χ0) is 8.97. The number of hydrogen-bond donors (Lipinski definition) is 1. The normalized spacial score (nSPS) is 9.50. The molecule has 0 spiro atoms. The van der Waals surface area contributed by atoms with Crippen LogP contribution in [0.1, 0.15) is 19.4 Å². The van der Waals surface area contributed by atoms with Gasteiger partial charge in [-0.15, -0.1) is 0 Å². The van der Waals surface area contributed by atoms with Crippen LogP contribution in [0.5, 0.6) is 0 Å². The smallest absolute Gasteiger partial charge is 0.221 e. The lowest BCUT2D eigenvalue weighted by Gasteiger charge is -2.05. The van der Waals surface area contributed by atoms with Gasteiger partial charge in [-0.1, -0.05) is 6.92 Å². The molecule has 12 heavy (non-hydrogen) atoms. The molecule has 0 aliphatic heterocycles. The maximum atomic E-state index is 10.7. The number of amides is 1. The molecule has 0 saturated heterocycles. The minimum absolute atomic E-state index is 0.0455. The van der Waals surface area contributed by atoms with Gasteiger partial charge in [0, 0.05) is 25.0 Å². The number of nitrogens with one attached hydrogen (secondary N) is 1. The van der Waals surface area contributed by atoms with Crippen LogP contribution in [-0.4, -0.2) is 10.9 Å². The Morgan fingerprint density at radius 2 is 2.42 bits per heavy atom. The number of aromatic nitrogens is 1. The highest BCUT2D eigenvalue weighted by molar-refractivity contribution is 5.89. The van der Waals surface area contributed by atoms with Gasteiger partial charge in [0.05, 0.1) is 0 Å². The topological polar surface area (TPSA) is 42.0 Å². The number of rotatable bonds is 2. The summed E-state index contributed by atoms with van der Waals surface area (Å²) in [5.74, 6) is -0.0455. The van der Waals surface area contributed by atoms with E-state index in [9.17, 15) is 4.79 Å². The molecule has 1 aromatic heterocycles. The Hall–Kier alpha value is -1.38. The highest BCUT2D eigenvalue weighted by Crippen LogP contribution is 2.13. The van der Waals surface area contributed by atoms with Crippen LogP contribution in [0, 0.1) is 0 Å². The van der Waals surface area contributed by atoms with Crippen molar-refractivity contribution in [3.05, 3.63) is 24.0 Å². The SMILES string of the molecule is CCc1cnccc1NC(C)=O. The summed E-state index contributed by atoms with van der Waals surface area (Å²) in [6.45, 7) is 3.53. The Balaban J connectivity index is 2.89. The Kier molecular flexibility index (Phi) is 2.80. The van der Waals surface area contributed by atoms with E-state index in [0.29, 0.717) is 0 Å². The first-order valence-electron chi connectivity index (χ1n) is 3.94. The third-order valence-corrected chi connectivity index (χ3v) is 1.60. The van der Waals surface area contributed by atoms with Crippen molar-refractivity contribution in [1.82, 2.24) is 4.98 Å². The van der Waals surface area contributed by atoms with E-state index in [0.717, 1.165) is 17.7 Å². The van der Waals surface area contributed by atoms with Crippen LogP contribution >= 0.6 is 0 Å². The standard InChI is InChI=1S/C9H12N2O/c1-3-8-6-10-5-4-9(8)11-7(2)12/h4-6H,3H2,1-2H3,(H,10,11,12). The van der Waals surface area contributed by atoms with Crippen molar-refractivity contribution < 1.29 is 4.79 Å². The molecule has 3 nitrogen and oxygen atoms in total. The molecule has 1 aromatic rings. The summed E-state index contributed by atoms with van der Waals surface area (Å²) in [6.07, 6.45) is 4.32. The number of hydrogen-bond acceptors (Lipinski definition) is 2. The summed E-state index contributed by atoms with van der Waals surface area (Å²) < 4.78 is 0. The lowest BCUT2D eigenvalue weighted by Crippen LogP contribution is -2.07. The molecular formula is C9H12N2O. The molecule has 64 valence electrons. The first kappa shape index (κ1) is 8.71. The number of aryl methyl sites for hydroxylation is 1. The predicted octanol–water partition coefficient (Wildman–Crippen LogP) is 1.60. The molecule has 0 aromatic carbocycles. The van der Waals surface area contributed by atoms with E-state index >= 15 is 0 Å². The van der Waals surface area contributed by atoms with Crippen LogP contribution in [0.15, 0.2) is 18.5 Å². The summed E-state index contributed by atoms with van der Waals surface area (Å²) >= 11 is 0. The van der Waals surface area contributed by atoms with Gasteiger partial charge in [-0.25, -0.2) is 0 Å². The van der Waals surface area contributed by atoms with Gasteiger partial charge in [0.2, 0.25) is 5.91 Å². The van der Waals surface area contributed by atoms with Crippen molar-refractivity contribution in [2.75, 3.05) is 5.32 Å². The van der Waals surface area contributed by atoms with Gasteiger partial charge in [0.15, 0.2) is 0 Å². The van der Waals surface area contributed by atoms with Crippen LogP contribution < -0.4 is 5.32 Å². The Bertz CT molecular complexity index is 284. The van der Waals surface area contributed by atoms with E-state index in [1.54, 1.807) is 18.5 Å². The molecule has 1 rings (SSSR count). The van der Waals surface area contributed by atoms with Crippen LogP contribution in [0.4, 0.5) is 5.69 Å². The summed E-state index contributed by atoms with van der Waals surface area (Å²) in [6, 6.07) is 1.81. The zero-order valence-corrected chi connectivity index (χ0v) is 7.29. The molecule has 0 aliphatic carbocycles. The third-order valence-electron chi connectivity index (χ3n) is 1.60. The average molecular weight is 164 g/mol. The number of carbonyl (C=O) groups is 1. The van der Waals surface area contributed by atoms with E-state index in [-0.39, 0.29) is 5.91 Å². The fraction of sp³-hybridized carbons (Fsp3) is 0.333. The minimum atomic E-state index is -0.0455. The van der Waals surface area contributed by atoms with E-state index in [2.05, 4.69) is 10.3 Å². The molecule has 3 heteroatoms. The molecule has 0 aliphatic rings. The summed E-state index contributed by atoms with van der Waals surface area (Å²) in [7, 11) is 0. The lowest BCUT2D eigenvalue weighted by molar-refractivity contribution is -0.114. The molecule has 1 N–H and O–H groups in total. The van der Waals surface area contributed by atoms with Crippen molar-refractivity contribution in [2.24, 2.45) is 0 Å². The van der Waals surface area contributed by atoms with E-state index in [4.69, 9.17) is 0 Å².